The summed E-state index contributed by atoms with van der Waals surface area (Å²) in [6.07, 6.45) is 2.77. The molecule has 0 aliphatic heterocycles. The summed E-state index contributed by atoms with van der Waals surface area (Å²) >= 11 is 0. The third-order valence-corrected chi connectivity index (χ3v) is 3.17. The van der Waals surface area contributed by atoms with Crippen LogP contribution in [-0.2, 0) is 15.1 Å². The second kappa shape index (κ2) is 9.08. The van der Waals surface area contributed by atoms with Crippen molar-refractivity contribution in [3.63, 3.8) is 0 Å². The smallest absolute Gasteiger partial charge is 0.113 e. The average molecular weight is 266 g/mol. The summed E-state index contributed by atoms with van der Waals surface area (Å²) in [7, 11) is 0. The lowest BCUT2D eigenvalue weighted by molar-refractivity contribution is -0.0678. The highest BCUT2D eigenvalue weighted by Crippen LogP contribution is 2.27. The molecule has 0 aliphatic carbocycles. The Hall–Kier alpha value is -0.900. The van der Waals surface area contributed by atoms with E-state index in [9.17, 15) is 5.11 Å². The number of rotatable bonds is 10. The Labute approximate surface area is 116 Å². The Morgan fingerprint density at radius 3 is 2.37 bits per heavy atom. The van der Waals surface area contributed by atoms with Gasteiger partial charge in [0.05, 0.1) is 19.8 Å². The molecule has 0 saturated heterocycles. The number of benzene rings is 1. The van der Waals surface area contributed by atoms with Gasteiger partial charge in [0.2, 0.25) is 0 Å². The zero-order valence-electron chi connectivity index (χ0n) is 12.1. The predicted molar refractivity (Wildman–Crippen MR) is 77.2 cm³/mol. The third-order valence-electron chi connectivity index (χ3n) is 3.17. The van der Waals surface area contributed by atoms with Gasteiger partial charge in [0.1, 0.15) is 5.60 Å². The summed E-state index contributed by atoms with van der Waals surface area (Å²) in [5, 5.41) is 10.8. The van der Waals surface area contributed by atoms with E-state index in [1.165, 1.54) is 0 Å². The quantitative estimate of drug-likeness (QED) is 0.661. The molecule has 0 bridgehead atoms. The highest BCUT2D eigenvalue weighted by Gasteiger charge is 2.28. The first-order chi connectivity index (χ1) is 9.23. The van der Waals surface area contributed by atoms with Gasteiger partial charge in [-0.15, -0.1) is 0 Å². The summed E-state index contributed by atoms with van der Waals surface area (Å²) in [5.41, 5.74) is 0.0450. The summed E-state index contributed by atoms with van der Waals surface area (Å²) in [6.45, 7) is 6.21. The first kappa shape index (κ1) is 16.2. The van der Waals surface area contributed by atoms with Crippen molar-refractivity contribution in [1.29, 1.82) is 0 Å². The fourth-order valence-corrected chi connectivity index (χ4v) is 2.02. The second-order valence-electron chi connectivity index (χ2n) is 4.75. The molecule has 19 heavy (non-hydrogen) atoms. The number of hydrogen-bond acceptors (Lipinski definition) is 3. The first-order valence-corrected chi connectivity index (χ1v) is 7.16. The Morgan fingerprint density at radius 2 is 1.74 bits per heavy atom. The van der Waals surface area contributed by atoms with Crippen molar-refractivity contribution in [3.8, 4) is 0 Å². The standard InChI is InChI=1S/C16H26O3/c1-3-5-11-16(17,14-19-13-12-18-4-2)15-9-7-6-8-10-15/h6-10,17H,3-5,11-14H2,1-2H3. The second-order valence-corrected chi connectivity index (χ2v) is 4.75. The van der Waals surface area contributed by atoms with Gasteiger partial charge in [-0.25, -0.2) is 0 Å². The van der Waals surface area contributed by atoms with Crippen LogP contribution in [0, 0.1) is 0 Å². The van der Waals surface area contributed by atoms with Gasteiger partial charge in [0.25, 0.3) is 0 Å². The van der Waals surface area contributed by atoms with Gasteiger partial charge < -0.3 is 14.6 Å². The van der Waals surface area contributed by atoms with Gasteiger partial charge in [-0.2, -0.15) is 0 Å². The van der Waals surface area contributed by atoms with Crippen LogP contribution < -0.4 is 0 Å². The minimum atomic E-state index is -0.885. The first-order valence-electron chi connectivity index (χ1n) is 7.16. The molecule has 0 radical (unpaired) electrons. The van der Waals surface area contributed by atoms with E-state index in [0.29, 0.717) is 26.4 Å². The Bertz CT molecular complexity index is 326. The van der Waals surface area contributed by atoms with Crippen molar-refractivity contribution in [3.05, 3.63) is 35.9 Å². The molecule has 3 nitrogen and oxygen atoms in total. The predicted octanol–water partition coefficient (Wildman–Crippen LogP) is 3.12. The lowest BCUT2D eigenvalue weighted by Gasteiger charge is -2.28. The number of ether oxygens (including phenoxy) is 2. The van der Waals surface area contributed by atoms with Crippen LogP contribution in [-0.4, -0.2) is 31.5 Å². The molecular weight excluding hydrogens is 240 g/mol. The van der Waals surface area contributed by atoms with Crippen LogP contribution in [0.25, 0.3) is 0 Å². The van der Waals surface area contributed by atoms with E-state index in [-0.39, 0.29) is 0 Å². The van der Waals surface area contributed by atoms with Crippen LogP contribution in [0.5, 0.6) is 0 Å². The van der Waals surface area contributed by atoms with Crippen molar-refractivity contribution in [2.75, 3.05) is 26.4 Å². The molecule has 3 heteroatoms. The molecule has 1 atom stereocenters. The Kier molecular flexibility index (Phi) is 7.72. The van der Waals surface area contributed by atoms with Crippen molar-refractivity contribution in [2.24, 2.45) is 0 Å². The number of unbranched alkanes of at least 4 members (excludes halogenated alkanes) is 1. The molecule has 0 aromatic heterocycles. The fraction of sp³-hybridized carbons (Fsp3) is 0.625. The highest BCUT2D eigenvalue weighted by molar-refractivity contribution is 5.22. The van der Waals surface area contributed by atoms with E-state index in [4.69, 9.17) is 9.47 Å². The fourth-order valence-electron chi connectivity index (χ4n) is 2.02. The SMILES string of the molecule is CCCCC(O)(COCCOCC)c1ccccc1. The average Bonchev–Trinajstić information content (AvgIpc) is 2.46. The lowest BCUT2D eigenvalue weighted by atomic mass is 9.89. The Balaban J connectivity index is 2.55. The largest absolute Gasteiger partial charge is 0.383 e. The van der Waals surface area contributed by atoms with Gasteiger partial charge in [-0.3, -0.25) is 0 Å². The van der Waals surface area contributed by atoms with E-state index in [2.05, 4.69) is 6.92 Å². The maximum Gasteiger partial charge on any atom is 0.113 e. The number of hydrogen-bond donors (Lipinski definition) is 1. The lowest BCUT2D eigenvalue weighted by Crippen LogP contribution is -2.32. The van der Waals surface area contributed by atoms with Crippen LogP contribution in [0.15, 0.2) is 30.3 Å². The van der Waals surface area contributed by atoms with Gasteiger partial charge in [0, 0.05) is 6.61 Å². The molecule has 1 aromatic rings. The molecule has 108 valence electrons. The van der Waals surface area contributed by atoms with E-state index < -0.39 is 5.60 Å². The van der Waals surface area contributed by atoms with Crippen LogP contribution in [0.3, 0.4) is 0 Å². The molecule has 1 rings (SSSR count). The molecule has 0 amide bonds. The minimum absolute atomic E-state index is 0.323. The summed E-state index contributed by atoms with van der Waals surface area (Å²) in [4.78, 5) is 0. The molecule has 0 fully saturated rings. The van der Waals surface area contributed by atoms with Crippen LogP contribution in [0.2, 0.25) is 0 Å². The molecule has 1 unspecified atom stereocenters. The Morgan fingerprint density at radius 1 is 1.05 bits per heavy atom. The number of aliphatic hydroxyl groups is 1. The van der Waals surface area contributed by atoms with Gasteiger partial charge in [0.15, 0.2) is 0 Å². The van der Waals surface area contributed by atoms with Crippen molar-refractivity contribution in [2.45, 2.75) is 38.7 Å². The van der Waals surface area contributed by atoms with Crippen LogP contribution >= 0.6 is 0 Å². The van der Waals surface area contributed by atoms with Gasteiger partial charge in [-0.05, 0) is 18.9 Å². The van der Waals surface area contributed by atoms with E-state index in [0.717, 1.165) is 24.8 Å². The molecule has 1 N–H and O–H groups in total. The van der Waals surface area contributed by atoms with E-state index >= 15 is 0 Å². The monoisotopic (exact) mass is 266 g/mol. The summed E-state index contributed by atoms with van der Waals surface area (Å²) < 4.78 is 10.8. The highest BCUT2D eigenvalue weighted by atomic mass is 16.5. The van der Waals surface area contributed by atoms with Crippen LogP contribution in [0.4, 0.5) is 0 Å². The third kappa shape index (κ3) is 5.72. The van der Waals surface area contributed by atoms with Crippen molar-refractivity contribution < 1.29 is 14.6 Å². The van der Waals surface area contributed by atoms with E-state index in [1.807, 2.05) is 37.3 Å². The molecule has 0 heterocycles. The topological polar surface area (TPSA) is 38.7 Å². The van der Waals surface area contributed by atoms with Crippen molar-refractivity contribution in [1.82, 2.24) is 0 Å². The normalized spacial score (nSPS) is 14.3. The molecule has 0 spiro atoms. The van der Waals surface area contributed by atoms with E-state index in [1.54, 1.807) is 0 Å². The summed E-state index contributed by atoms with van der Waals surface area (Å²) in [6, 6.07) is 9.78. The molecular formula is C16H26O3. The molecule has 1 aromatic carbocycles. The maximum atomic E-state index is 10.8. The van der Waals surface area contributed by atoms with Crippen LogP contribution in [0.1, 0.15) is 38.7 Å². The summed E-state index contributed by atoms with van der Waals surface area (Å²) in [5.74, 6) is 0. The van der Waals surface area contributed by atoms with Gasteiger partial charge in [-0.1, -0.05) is 50.1 Å². The van der Waals surface area contributed by atoms with Gasteiger partial charge >= 0.3 is 0 Å². The maximum absolute atomic E-state index is 10.8. The minimum Gasteiger partial charge on any atom is -0.383 e. The zero-order chi connectivity index (χ0) is 14.0. The zero-order valence-corrected chi connectivity index (χ0v) is 12.1. The van der Waals surface area contributed by atoms with Crippen molar-refractivity contribution >= 4 is 0 Å². The molecule has 0 saturated carbocycles. The molecule has 0 aliphatic rings.